The maximum atomic E-state index is 12.8. The van der Waals surface area contributed by atoms with Gasteiger partial charge in [-0.05, 0) is 35.9 Å². The van der Waals surface area contributed by atoms with E-state index in [1.165, 1.54) is 30.5 Å². The summed E-state index contributed by atoms with van der Waals surface area (Å²) in [6.07, 6.45) is 1.38. The van der Waals surface area contributed by atoms with E-state index >= 15 is 0 Å². The van der Waals surface area contributed by atoms with Crippen molar-refractivity contribution in [3.63, 3.8) is 0 Å². The molecule has 1 aliphatic rings. The summed E-state index contributed by atoms with van der Waals surface area (Å²) in [5.74, 6) is -1.27. The molecule has 3 aromatic rings. The Hall–Kier alpha value is -3.58. The van der Waals surface area contributed by atoms with Crippen molar-refractivity contribution in [2.75, 3.05) is 0 Å². The summed E-state index contributed by atoms with van der Waals surface area (Å²) in [7, 11) is 0. The number of non-ortho nitro benzene ring substituents is 1. The number of benzene rings is 3. The standard InChI is InChI=1S/C19H10ClN3O4/c20-12-6-4-11(5-7-12)10-21-22-18(24)14-3-1-2-13-16(23(26)27)9-8-15(17(13)14)19(22)25/h1-10H. The maximum Gasteiger partial charge on any atom is 0.282 e. The number of nitrogens with zero attached hydrogens (tertiary/aromatic N) is 3. The molecule has 3 aromatic carbocycles. The molecule has 0 bridgehead atoms. The van der Waals surface area contributed by atoms with Crippen LogP contribution >= 0.6 is 11.6 Å². The number of carbonyl (C=O) groups is 2. The number of carbonyl (C=O) groups excluding carboxylic acids is 2. The summed E-state index contributed by atoms with van der Waals surface area (Å²) in [4.78, 5) is 36.2. The molecule has 0 aliphatic carbocycles. The number of hydrogen-bond donors (Lipinski definition) is 0. The first-order chi connectivity index (χ1) is 13.0. The molecule has 27 heavy (non-hydrogen) atoms. The number of hydrazone groups is 1. The van der Waals surface area contributed by atoms with Gasteiger partial charge in [-0.1, -0.05) is 29.8 Å². The van der Waals surface area contributed by atoms with Gasteiger partial charge in [0.1, 0.15) is 0 Å². The van der Waals surface area contributed by atoms with Gasteiger partial charge in [0.15, 0.2) is 0 Å². The van der Waals surface area contributed by atoms with Crippen LogP contribution in [0.5, 0.6) is 0 Å². The number of nitro benzene ring substituents is 1. The Morgan fingerprint density at radius 3 is 2.30 bits per heavy atom. The molecule has 2 amide bonds. The second-order valence-corrected chi connectivity index (χ2v) is 6.27. The minimum Gasteiger partial charge on any atom is -0.267 e. The van der Waals surface area contributed by atoms with Crippen LogP contribution in [0.4, 0.5) is 5.69 Å². The topological polar surface area (TPSA) is 92.9 Å². The van der Waals surface area contributed by atoms with Gasteiger partial charge in [0, 0.05) is 16.5 Å². The van der Waals surface area contributed by atoms with Crippen molar-refractivity contribution in [2.24, 2.45) is 5.10 Å². The van der Waals surface area contributed by atoms with Crippen LogP contribution in [-0.2, 0) is 0 Å². The molecule has 132 valence electrons. The van der Waals surface area contributed by atoms with Crippen molar-refractivity contribution >= 4 is 46.1 Å². The third-order valence-corrected chi connectivity index (χ3v) is 4.50. The molecule has 0 fully saturated rings. The summed E-state index contributed by atoms with van der Waals surface area (Å²) < 4.78 is 0. The van der Waals surface area contributed by atoms with E-state index in [0.29, 0.717) is 10.6 Å². The molecule has 8 heteroatoms. The first-order valence-electron chi connectivity index (χ1n) is 7.86. The number of hydrogen-bond acceptors (Lipinski definition) is 5. The zero-order chi connectivity index (χ0) is 19.1. The SMILES string of the molecule is O=C1c2cccc3c([N+](=O)[O-])ccc(c23)C(=O)N1N=Cc1ccc(Cl)cc1. The first-order valence-corrected chi connectivity index (χ1v) is 8.23. The fraction of sp³-hybridized carbons (Fsp3) is 0. The van der Waals surface area contributed by atoms with Crippen molar-refractivity contribution in [3.05, 3.63) is 86.4 Å². The summed E-state index contributed by atoms with van der Waals surface area (Å²) in [5, 5.41) is 17.1. The Bertz CT molecular complexity index is 1130. The summed E-state index contributed by atoms with van der Waals surface area (Å²) in [6, 6.07) is 13.9. The van der Waals surface area contributed by atoms with Crippen LogP contribution < -0.4 is 0 Å². The second kappa shape index (κ2) is 6.30. The molecule has 0 unspecified atom stereocenters. The van der Waals surface area contributed by atoms with Crippen LogP contribution in [0.15, 0.2) is 59.7 Å². The van der Waals surface area contributed by atoms with E-state index in [9.17, 15) is 19.7 Å². The summed E-state index contributed by atoms with van der Waals surface area (Å²) in [6.45, 7) is 0. The Kier molecular flexibility index (Phi) is 3.93. The van der Waals surface area contributed by atoms with Crippen molar-refractivity contribution in [1.29, 1.82) is 0 Å². The van der Waals surface area contributed by atoms with Gasteiger partial charge in [0.05, 0.1) is 27.7 Å². The van der Waals surface area contributed by atoms with Crippen molar-refractivity contribution in [3.8, 4) is 0 Å². The molecule has 0 N–H and O–H groups in total. The van der Waals surface area contributed by atoms with Crippen LogP contribution in [0, 0.1) is 10.1 Å². The zero-order valence-corrected chi connectivity index (χ0v) is 14.4. The van der Waals surface area contributed by atoms with E-state index in [0.717, 1.165) is 5.01 Å². The van der Waals surface area contributed by atoms with Gasteiger partial charge in [-0.2, -0.15) is 10.1 Å². The van der Waals surface area contributed by atoms with Gasteiger partial charge in [-0.3, -0.25) is 19.7 Å². The van der Waals surface area contributed by atoms with Gasteiger partial charge < -0.3 is 0 Å². The van der Waals surface area contributed by atoms with Crippen LogP contribution in [-0.4, -0.2) is 28.0 Å². The van der Waals surface area contributed by atoms with Crippen LogP contribution in [0.1, 0.15) is 26.3 Å². The third kappa shape index (κ3) is 2.74. The number of amides is 2. The van der Waals surface area contributed by atoms with E-state index < -0.39 is 16.7 Å². The quantitative estimate of drug-likeness (QED) is 0.297. The smallest absolute Gasteiger partial charge is 0.267 e. The van der Waals surface area contributed by atoms with Gasteiger partial charge >= 0.3 is 0 Å². The van der Waals surface area contributed by atoms with E-state index in [1.807, 2.05) is 0 Å². The number of rotatable bonds is 3. The van der Waals surface area contributed by atoms with Crippen LogP contribution in [0.25, 0.3) is 10.8 Å². The highest BCUT2D eigenvalue weighted by molar-refractivity contribution is 6.30. The van der Waals surface area contributed by atoms with Crippen molar-refractivity contribution < 1.29 is 14.5 Å². The lowest BCUT2D eigenvalue weighted by molar-refractivity contribution is -0.383. The van der Waals surface area contributed by atoms with Crippen LogP contribution in [0.3, 0.4) is 0 Å². The van der Waals surface area contributed by atoms with Gasteiger partial charge in [0.25, 0.3) is 17.5 Å². The molecule has 1 aliphatic heterocycles. The normalized spacial score (nSPS) is 13.6. The number of imide groups is 1. The molecule has 0 aromatic heterocycles. The Morgan fingerprint density at radius 1 is 0.963 bits per heavy atom. The highest BCUT2D eigenvalue weighted by atomic mass is 35.5. The molecule has 0 spiro atoms. The molecule has 4 rings (SSSR count). The lowest BCUT2D eigenvalue weighted by Crippen LogP contribution is -2.36. The Labute approximate surface area is 157 Å². The van der Waals surface area contributed by atoms with Gasteiger partial charge in [-0.25, -0.2) is 0 Å². The fourth-order valence-electron chi connectivity index (χ4n) is 3.01. The highest BCUT2D eigenvalue weighted by Crippen LogP contribution is 2.35. The van der Waals surface area contributed by atoms with Crippen molar-refractivity contribution in [1.82, 2.24) is 5.01 Å². The molecule has 0 atom stereocenters. The predicted molar refractivity (Wildman–Crippen MR) is 100 cm³/mol. The maximum absolute atomic E-state index is 12.8. The van der Waals surface area contributed by atoms with Gasteiger partial charge in [0.2, 0.25) is 0 Å². The zero-order valence-electron chi connectivity index (χ0n) is 13.6. The molecular formula is C19H10ClN3O4. The lowest BCUT2D eigenvalue weighted by Gasteiger charge is -2.22. The second-order valence-electron chi connectivity index (χ2n) is 5.84. The Morgan fingerprint density at radius 2 is 1.63 bits per heavy atom. The highest BCUT2D eigenvalue weighted by Gasteiger charge is 2.34. The molecule has 0 saturated heterocycles. The van der Waals surface area contributed by atoms with Crippen LogP contribution in [0.2, 0.25) is 5.02 Å². The minimum absolute atomic E-state index is 0.158. The number of halogens is 1. The molecule has 7 nitrogen and oxygen atoms in total. The largest absolute Gasteiger partial charge is 0.282 e. The molecule has 0 saturated carbocycles. The molecule has 0 radical (unpaired) electrons. The van der Waals surface area contributed by atoms with Gasteiger partial charge in [-0.15, -0.1) is 0 Å². The van der Waals surface area contributed by atoms with E-state index in [-0.39, 0.29) is 27.6 Å². The average Bonchev–Trinajstić information content (AvgIpc) is 2.66. The monoisotopic (exact) mass is 379 g/mol. The predicted octanol–water partition coefficient (Wildman–Crippen LogP) is 4.03. The molecular weight excluding hydrogens is 370 g/mol. The van der Waals surface area contributed by atoms with Crippen molar-refractivity contribution in [2.45, 2.75) is 0 Å². The Balaban J connectivity index is 1.82. The summed E-state index contributed by atoms with van der Waals surface area (Å²) >= 11 is 5.83. The summed E-state index contributed by atoms with van der Waals surface area (Å²) in [5.41, 5.74) is 0.889. The van der Waals surface area contributed by atoms with E-state index in [1.54, 1.807) is 30.3 Å². The first kappa shape index (κ1) is 16.9. The fourth-order valence-corrected chi connectivity index (χ4v) is 3.13. The minimum atomic E-state index is -0.635. The number of nitro groups is 1. The lowest BCUT2D eigenvalue weighted by atomic mass is 9.94. The average molecular weight is 380 g/mol. The third-order valence-electron chi connectivity index (χ3n) is 4.25. The molecule has 1 heterocycles. The van der Waals surface area contributed by atoms with E-state index in [2.05, 4.69) is 5.10 Å². The van der Waals surface area contributed by atoms with E-state index in [4.69, 9.17) is 11.6 Å².